The highest BCUT2D eigenvalue weighted by molar-refractivity contribution is 7.11. The Hall–Kier alpha value is -2.04. The largest absolute Gasteiger partial charge is 0.379 e. The topological polar surface area (TPSA) is 92.5 Å². The van der Waals surface area contributed by atoms with Crippen LogP contribution in [0.5, 0.6) is 0 Å². The number of nitrogens with zero attached hydrogens (tertiary/aromatic N) is 6. The van der Waals surface area contributed by atoms with E-state index in [-0.39, 0.29) is 0 Å². The third kappa shape index (κ3) is 6.76. The van der Waals surface area contributed by atoms with Crippen molar-refractivity contribution >= 4 is 17.3 Å². The van der Waals surface area contributed by atoms with E-state index in [1.807, 2.05) is 24.7 Å². The molecule has 0 spiro atoms. The molecule has 0 unspecified atom stereocenters. The fourth-order valence-electron chi connectivity index (χ4n) is 2.98. The minimum absolute atomic E-state index is 0.488. The summed E-state index contributed by atoms with van der Waals surface area (Å²) < 4.78 is 7.38. The summed E-state index contributed by atoms with van der Waals surface area (Å²) in [4.78, 5) is 12.9. The van der Waals surface area contributed by atoms with Crippen molar-refractivity contribution in [3.05, 3.63) is 27.7 Å². The number of aryl methyl sites for hydroxylation is 2. The molecule has 2 aromatic rings. The molecule has 0 radical (unpaired) electrons. The Kier molecular flexibility index (Phi) is 8.38. The average Bonchev–Trinajstić information content (AvgIpc) is 3.33. The molecular weight excluding hydrogens is 388 g/mol. The van der Waals surface area contributed by atoms with Gasteiger partial charge in [-0.1, -0.05) is 6.92 Å². The third-order valence-electron chi connectivity index (χ3n) is 4.97. The monoisotopic (exact) mass is 420 g/mol. The summed E-state index contributed by atoms with van der Waals surface area (Å²) in [7, 11) is 1.97. The second-order valence-electron chi connectivity index (χ2n) is 7.02. The molecule has 1 fully saturated rings. The van der Waals surface area contributed by atoms with Gasteiger partial charge in [0.1, 0.15) is 12.4 Å². The van der Waals surface area contributed by atoms with Crippen LogP contribution in [0.25, 0.3) is 0 Å². The molecule has 2 N–H and O–H groups in total. The molecule has 3 rings (SSSR count). The number of guanidine groups is 1. The third-order valence-corrected chi connectivity index (χ3v) is 6.17. The normalized spacial score (nSPS) is 15.6. The number of hydrogen-bond acceptors (Lipinski definition) is 7. The van der Waals surface area contributed by atoms with Crippen molar-refractivity contribution in [1.29, 1.82) is 0 Å². The first kappa shape index (κ1) is 21.7. The van der Waals surface area contributed by atoms with Gasteiger partial charge in [0, 0.05) is 57.3 Å². The molecule has 0 amide bonds. The number of nitrogens with one attached hydrogen (secondary N) is 2. The lowest BCUT2D eigenvalue weighted by molar-refractivity contribution is 0.0389. The number of ether oxygens (including phenoxy) is 1. The van der Waals surface area contributed by atoms with Gasteiger partial charge < -0.3 is 19.9 Å². The van der Waals surface area contributed by atoms with E-state index in [1.165, 1.54) is 4.88 Å². The second kappa shape index (κ2) is 11.2. The Bertz CT molecular complexity index is 781. The van der Waals surface area contributed by atoms with Crippen molar-refractivity contribution in [3.8, 4) is 0 Å². The zero-order chi connectivity index (χ0) is 20.5. The van der Waals surface area contributed by atoms with Gasteiger partial charge in [-0.05, 0) is 13.3 Å². The minimum atomic E-state index is 0.488. The van der Waals surface area contributed by atoms with Crippen LogP contribution in [0.1, 0.15) is 28.5 Å². The molecule has 2 aromatic heterocycles. The molecule has 10 heteroatoms. The van der Waals surface area contributed by atoms with E-state index in [9.17, 15) is 0 Å². The van der Waals surface area contributed by atoms with Gasteiger partial charge in [-0.3, -0.25) is 4.90 Å². The molecule has 160 valence electrons. The van der Waals surface area contributed by atoms with Crippen LogP contribution >= 0.6 is 11.3 Å². The van der Waals surface area contributed by atoms with E-state index in [1.54, 1.807) is 11.3 Å². The summed E-state index contributed by atoms with van der Waals surface area (Å²) in [6, 6.07) is 0. The van der Waals surface area contributed by atoms with E-state index >= 15 is 0 Å². The standard InChI is InChI=1S/C19H32N8OS/c1-4-16-13-22-18(29-16)5-6-20-19(21-7-8-27-9-11-28-12-10-27)23-14-17-25-24-15(2)26(17)3/h13H,4-12,14H2,1-3H3,(H2,20,21,23). The lowest BCUT2D eigenvalue weighted by Gasteiger charge is -2.26. The predicted molar refractivity (Wildman–Crippen MR) is 115 cm³/mol. The predicted octanol–water partition coefficient (Wildman–Crippen LogP) is 0.753. The summed E-state index contributed by atoms with van der Waals surface area (Å²) in [5, 5.41) is 16.3. The van der Waals surface area contributed by atoms with Gasteiger partial charge in [0.05, 0.1) is 18.2 Å². The summed E-state index contributed by atoms with van der Waals surface area (Å²) in [5.74, 6) is 2.54. The molecule has 0 bridgehead atoms. The minimum Gasteiger partial charge on any atom is -0.379 e. The smallest absolute Gasteiger partial charge is 0.191 e. The van der Waals surface area contributed by atoms with Crippen LogP contribution in [0.15, 0.2) is 11.2 Å². The van der Waals surface area contributed by atoms with Crippen molar-refractivity contribution in [1.82, 2.24) is 35.3 Å². The Morgan fingerprint density at radius 1 is 1.24 bits per heavy atom. The van der Waals surface area contributed by atoms with Crippen molar-refractivity contribution in [2.24, 2.45) is 12.0 Å². The Morgan fingerprint density at radius 3 is 2.72 bits per heavy atom. The Balaban J connectivity index is 1.52. The average molecular weight is 421 g/mol. The zero-order valence-corrected chi connectivity index (χ0v) is 18.5. The van der Waals surface area contributed by atoms with Crippen molar-refractivity contribution in [2.75, 3.05) is 45.9 Å². The number of rotatable bonds is 9. The van der Waals surface area contributed by atoms with Gasteiger partial charge in [-0.25, -0.2) is 9.98 Å². The number of morpholine rings is 1. The van der Waals surface area contributed by atoms with Crippen molar-refractivity contribution < 1.29 is 4.74 Å². The molecule has 3 heterocycles. The fourth-order valence-corrected chi connectivity index (χ4v) is 3.85. The molecule has 29 heavy (non-hydrogen) atoms. The Morgan fingerprint density at radius 2 is 2.03 bits per heavy atom. The van der Waals surface area contributed by atoms with E-state index in [0.717, 1.165) is 81.4 Å². The van der Waals surface area contributed by atoms with Crippen molar-refractivity contribution in [2.45, 2.75) is 33.2 Å². The summed E-state index contributed by atoms with van der Waals surface area (Å²) >= 11 is 1.78. The number of thiazole rings is 1. The molecule has 0 atom stereocenters. The SMILES string of the molecule is CCc1cnc(CCNC(=NCc2nnc(C)n2C)NCCN2CCOCC2)s1. The molecule has 1 aliphatic rings. The van der Waals surface area contributed by atoms with Gasteiger partial charge >= 0.3 is 0 Å². The Labute approximate surface area is 176 Å². The molecule has 1 aliphatic heterocycles. The molecule has 1 saturated heterocycles. The number of hydrogen-bond donors (Lipinski definition) is 2. The molecule has 0 aromatic carbocycles. The van der Waals surface area contributed by atoms with Crippen LogP contribution in [-0.2, 0) is 31.2 Å². The maximum Gasteiger partial charge on any atom is 0.191 e. The highest BCUT2D eigenvalue weighted by Gasteiger charge is 2.10. The molecular formula is C19H32N8OS. The number of aliphatic imine (C=N–C) groups is 1. The van der Waals surface area contributed by atoms with Gasteiger partial charge in [-0.15, -0.1) is 21.5 Å². The van der Waals surface area contributed by atoms with Crippen LogP contribution in [-0.4, -0.2) is 76.5 Å². The van der Waals surface area contributed by atoms with Crippen molar-refractivity contribution in [3.63, 3.8) is 0 Å². The van der Waals surface area contributed by atoms with Crippen LogP contribution < -0.4 is 10.6 Å². The highest BCUT2D eigenvalue weighted by Crippen LogP contribution is 2.13. The maximum atomic E-state index is 5.41. The second-order valence-corrected chi connectivity index (χ2v) is 8.22. The quantitative estimate of drug-likeness (QED) is 0.457. The van der Waals surface area contributed by atoms with E-state index in [2.05, 4.69) is 37.6 Å². The first-order valence-electron chi connectivity index (χ1n) is 10.3. The molecule has 0 aliphatic carbocycles. The lowest BCUT2D eigenvalue weighted by atomic mass is 10.4. The summed E-state index contributed by atoms with van der Waals surface area (Å²) in [5.41, 5.74) is 0. The van der Waals surface area contributed by atoms with Gasteiger partial charge in [0.2, 0.25) is 0 Å². The highest BCUT2D eigenvalue weighted by atomic mass is 32.1. The van der Waals surface area contributed by atoms with Gasteiger partial charge in [0.25, 0.3) is 0 Å². The van der Waals surface area contributed by atoms with Crippen LogP contribution in [0, 0.1) is 6.92 Å². The maximum absolute atomic E-state index is 5.41. The fraction of sp³-hybridized carbons (Fsp3) is 0.684. The first-order chi connectivity index (χ1) is 14.2. The summed E-state index contributed by atoms with van der Waals surface area (Å²) in [6.45, 7) is 10.8. The van der Waals surface area contributed by atoms with Crippen LogP contribution in [0.2, 0.25) is 0 Å². The molecule has 0 saturated carbocycles. The van der Waals surface area contributed by atoms with E-state index in [4.69, 9.17) is 9.73 Å². The zero-order valence-electron chi connectivity index (χ0n) is 17.6. The summed E-state index contributed by atoms with van der Waals surface area (Å²) in [6.07, 6.45) is 3.90. The van der Waals surface area contributed by atoms with Crippen LogP contribution in [0.4, 0.5) is 0 Å². The van der Waals surface area contributed by atoms with Gasteiger partial charge in [-0.2, -0.15) is 0 Å². The van der Waals surface area contributed by atoms with Crippen LogP contribution in [0.3, 0.4) is 0 Å². The van der Waals surface area contributed by atoms with E-state index < -0.39 is 0 Å². The number of aromatic nitrogens is 4. The van der Waals surface area contributed by atoms with Gasteiger partial charge in [0.15, 0.2) is 11.8 Å². The van der Waals surface area contributed by atoms with E-state index in [0.29, 0.717) is 6.54 Å². The lowest BCUT2D eigenvalue weighted by Crippen LogP contribution is -2.44. The molecule has 9 nitrogen and oxygen atoms in total. The first-order valence-corrected chi connectivity index (χ1v) is 11.1.